The van der Waals surface area contributed by atoms with Crippen molar-refractivity contribution in [2.24, 2.45) is 5.92 Å². The summed E-state index contributed by atoms with van der Waals surface area (Å²) in [6.45, 7) is 0. The molecule has 0 amide bonds. The number of fused-ring (bicyclic) bond motifs is 3. The number of allylic oxidation sites excluding steroid dienone is 2. The molecule has 1 heterocycles. The van der Waals surface area contributed by atoms with Crippen molar-refractivity contribution in [2.75, 3.05) is 12.4 Å². The average Bonchev–Trinajstić information content (AvgIpc) is 3.04. The zero-order valence-electron chi connectivity index (χ0n) is 12.4. The van der Waals surface area contributed by atoms with Gasteiger partial charge in [0.1, 0.15) is 5.75 Å². The highest BCUT2D eigenvalue weighted by atomic mass is 35.5. The van der Waals surface area contributed by atoms with E-state index in [2.05, 4.69) is 41.7 Å². The summed E-state index contributed by atoms with van der Waals surface area (Å²) in [4.78, 5) is 0. The molecule has 0 saturated carbocycles. The van der Waals surface area contributed by atoms with Gasteiger partial charge in [0.25, 0.3) is 0 Å². The van der Waals surface area contributed by atoms with Crippen LogP contribution in [0.1, 0.15) is 29.5 Å². The van der Waals surface area contributed by atoms with Crippen molar-refractivity contribution in [2.45, 2.75) is 18.4 Å². The van der Waals surface area contributed by atoms with Crippen LogP contribution in [0.5, 0.6) is 5.75 Å². The summed E-state index contributed by atoms with van der Waals surface area (Å²) in [6.07, 6.45) is 5.71. The number of ether oxygens (including phenoxy) is 1. The minimum absolute atomic E-state index is 0.252. The highest BCUT2D eigenvalue weighted by Crippen LogP contribution is 2.51. The van der Waals surface area contributed by atoms with Gasteiger partial charge in [-0.3, -0.25) is 0 Å². The van der Waals surface area contributed by atoms with Crippen LogP contribution in [0, 0.1) is 5.92 Å². The van der Waals surface area contributed by atoms with Crippen LogP contribution in [0.15, 0.2) is 54.6 Å². The highest BCUT2D eigenvalue weighted by molar-refractivity contribution is 6.33. The Hall–Kier alpha value is -1.93. The number of nitrogens with one attached hydrogen (secondary N) is 1. The van der Waals surface area contributed by atoms with E-state index in [1.807, 2.05) is 18.2 Å². The number of halogens is 1. The Balaban J connectivity index is 1.80. The molecule has 1 aliphatic heterocycles. The summed E-state index contributed by atoms with van der Waals surface area (Å²) >= 11 is 6.43. The second kappa shape index (κ2) is 5.36. The summed E-state index contributed by atoms with van der Waals surface area (Å²) in [6, 6.07) is 14.7. The molecule has 0 saturated heterocycles. The fourth-order valence-corrected chi connectivity index (χ4v) is 3.98. The Bertz CT molecular complexity index is 740. The van der Waals surface area contributed by atoms with Gasteiger partial charge in [0.05, 0.1) is 23.9 Å². The van der Waals surface area contributed by atoms with Crippen molar-refractivity contribution in [3.05, 3.63) is 70.8 Å². The fraction of sp³-hybridized carbons (Fsp3) is 0.263. The molecule has 2 aromatic rings. The second-order valence-electron chi connectivity index (χ2n) is 5.96. The number of anilines is 1. The minimum Gasteiger partial charge on any atom is -0.497 e. The number of hydrogen-bond donors (Lipinski definition) is 1. The van der Waals surface area contributed by atoms with Gasteiger partial charge in [-0.15, -0.1) is 0 Å². The van der Waals surface area contributed by atoms with E-state index in [0.717, 1.165) is 22.9 Å². The molecular formula is C19H18ClNO. The lowest BCUT2D eigenvalue weighted by molar-refractivity contribution is 0.406. The molecule has 2 nitrogen and oxygen atoms in total. The van der Waals surface area contributed by atoms with Gasteiger partial charge in [-0.05, 0) is 41.7 Å². The van der Waals surface area contributed by atoms with E-state index in [1.165, 1.54) is 11.1 Å². The molecule has 22 heavy (non-hydrogen) atoms. The van der Waals surface area contributed by atoms with Crippen LogP contribution < -0.4 is 10.1 Å². The molecule has 0 unspecified atom stereocenters. The lowest BCUT2D eigenvalue weighted by Gasteiger charge is -2.38. The highest BCUT2D eigenvalue weighted by Gasteiger charge is 2.38. The Kier molecular flexibility index (Phi) is 3.34. The summed E-state index contributed by atoms with van der Waals surface area (Å²) < 4.78 is 5.38. The lowest BCUT2D eigenvalue weighted by atomic mass is 9.77. The van der Waals surface area contributed by atoms with Crippen molar-refractivity contribution in [1.29, 1.82) is 0 Å². The molecule has 3 heteroatoms. The summed E-state index contributed by atoms with van der Waals surface area (Å²) in [5.41, 5.74) is 3.64. The van der Waals surface area contributed by atoms with Crippen molar-refractivity contribution < 1.29 is 4.74 Å². The third kappa shape index (κ3) is 2.10. The zero-order chi connectivity index (χ0) is 15.1. The first kappa shape index (κ1) is 13.7. The smallest absolute Gasteiger partial charge is 0.119 e. The SMILES string of the molecule is COc1cccc([C@@H]2Nc3c(Cl)cccc3[C@H]3C=CC[C@@H]32)c1. The van der Waals surface area contributed by atoms with Gasteiger partial charge in [-0.1, -0.05) is 48.0 Å². The first-order valence-electron chi connectivity index (χ1n) is 7.63. The topological polar surface area (TPSA) is 21.3 Å². The quantitative estimate of drug-likeness (QED) is 0.772. The predicted molar refractivity (Wildman–Crippen MR) is 90.8 cm³/mol. The average molecular weight is 312 g/mol. The van der Waals surface area contributed by atoms with E-state index < -0.39 is 0 Å². The molecule has 1 N–H and O–H groups in total. The number of methoxy groups -OCH3 is 1. The van der Waals surface area contributed by atoms with Gasteiger partial charge >= 0.3 is 0 Å². The van der Waals surface area contributed by atoms with Gasteiger partial charge in [0.2, 0.25) is 0 Å². The standard InChI is InChI=1S/C19H18ClNO/c1-22-13-6-2-5-12(11-13)18-15-8-3-7-14(15)16-9-4-10-17(20)19(16)21-18/h2-7,9-11,14-15,18,21H,8H2,1H3/t14-,15-,18-/m0/s1. The van der Waals surface area contributed by atoms with Crippen molar-refractivity contribution in [1.82, 2.24) is 0 Å². The van der Waals surface area contributed by atoms with Crippen LogP contribution in [-0.4, -0.2) is 7.11 Å². The monoisotopic (exact) mass is 311 g/mol. The molecule has 3 atom stereocenters. The minimum atomic E-state index is 0.252. The molecule has 0 radical (unpaired) electrons. The van der Waals surface area contributed by atoms with Gasteiger partial charge in [0, 0.05) is 5.92 Å². The maximum absolute atomic E-state index is 6.43. The van der Waals surface area contributed by atoms with E-state index >= 15 is 0 Å². The van der Waals surface area contributed by atoms with Crippen LogP contribution >= 0.6 is 11.6 Å². The molecule has 0 aromatic heterocycles. The first-order chi connectivity index (χ1) is 10.8. The van der Waals surface area contributed by atoms with E-state index in [0.29, 0.717) is 11.8 Å². The first-order valence-corrected chi connectivity index (χ1v) is 8.01. The molecule has 0 spiro atoms. The Morgan fingerprint density at radius 3 is 2.91 bits per heavy atom. The molecule has 0 bridgehead atoms. The largest absolute Gasteiger partial charge is 0.497 e. The molecule has 112 valence electrons. The van der Waals surface area contributed by atoms with Gasteiger partial charge in [-0.2, -0.15) is 0 Å². The third-order valence-corrected chi connectivity index (χ3v) is 5.11. The Labute approximate surface area is 135 Å². The number of hydrogen-bond acceptors (Lipinski definition) is 2. The maximum Gasteiger partial charge on any atom is 0.119 e. The Morgan fingerprint density at radius 2 is 2.05 bits per heavy atom. The third-order valence-electron chi connectivity index (χ3n) is 4.80. The van der Waals surface area contributed by atoms with Gasteiger partial charge in [0.15, 0.2) is 0 Å². The van der Waals surface area contributed by atoms with Crippen molar-refractivity contribution >= 4 is 17.3 Å². The number of para-hydroxylation sites is 1. The molecule has 4 rings (SSSR count). The fourth-order valence-electron chi connectivity index (χ4n) is 3.75. The van der Waals surface area contributed by atoms with E-state index in [-0.39, 0.29) is 6.04 Å². The maximum atomic E-state index is 6.43. The predicted octanol–water partition coefficient (Wildman–Crippen LogP) is 5.18. The van der Waals surface area contributed by atoms with E-state index in [9.17, 15) is 0 Å². The zero-order valence-corrected chi connectivity index (χ0v) is 13.2. The van der Waals surface area contributed by atoms with E-state index in [4.69, 9.17) is 16.3 Å². The number of benzene rings is 2. The van der Waals surface area contributed by atoms with Crippen LogP contribution in [-0.2, 0) is 0 Å². The van der Waals surface area contributed by atoms with Gasteiger partial charge in [-0.25, -0.2) is 0 Å². The van der Waals surface area contributed by atoms with Crippen LogP contribution in [0.2, 0.25) is 5.02 Å². The van der Waals surface area contributed by atoms with Crippen LogP contribution in [0.4, 0.5) is 5.69 Å². The second-order valence-corrected chi connectivity index (χ2v) is 6.36. The normalized spacial score (nSPS) is 25.3. The summed E-state index contributed by atoms with van der Waals surface area (Å²) in [5, 5.41) is 4.47. The van der Waals surface area contributed by atoms with Gasteiger partial charge < -0.3 is 10.1 Å². The number of rotatable bonds is 2. The summed E-state index contributed by atoms with van der Waals surface area (Å²) in [7, 11) is 1.71. The molecule has 2 aromatic carbocycles. The van der Waals surface area contributed by atoms with Crippen LogP contribution in [0.3, 0.4) is 0 Å². The molecule has 0 fully saturated rings. The van der Waals surface area contributed by atoms with Crippen molar-refractivity contribution in [3.8, 4) is 5.75 Å². The van der Waals surface area contributed by atoms with Crippen molar-refractivity contribution in [3.63, 3.8) is 0 Å². The molecule has 1 aliphatic carbocycles. The lowest BCUT2D eigenvalue weighted by Crippen LogP contribution is -2.29. The molecular weight excluding hydrogens is 294 g/mol. The van der Waals surface area contributed by atoms with E-state index in [1.54, 1.807) is 7.11 Å². The molecule has 2 aliphatic rings. The summed E-state index contributed by atoms with van der Waals surface area (Å²) in [5.74, 6) is 1.86. The van der Waals surface area contributed by atoms with Crippen LogP contribution in [0.25, 0.3) is 0 Å². The Morgan fingerprint density at radius 1 is 1.18 bits per heavy atom.